The third kappa shape index (κ3) is 2.39. The number of fused-ring (bicyclic) bond motifs is 2. The highest BCUT2D eigenvalue weighted by atomic mass is 32.1. The van der Waals surface area contributed by atoms with Crippen LogP contribution in [-0.2, 0) is 19.5 Å². The van der Waals surface area contributed by atoms with E-state index in [2.05, 4.69) is 38.1 Å². The van der Waals surface area contributed by atoms with Gasteiger partial charge in [-0.05, 0) is 44.4 Å². The lowest BCUT2D eigenvalue weighted by Gasteiger charge is -2.05. The van der Waals surface area contributed by atoms with Crippen LogP contribution in [0.1, 0.15) is 44.6 Å². The molecule has 124 valence electrons. The van der Waals surface area contributed by atoms with Crippen LogP contribution in [0.25, 0.3) is 10.2 Å². The van der Waals surface area contributed by atoms with Crippen molar-refractivity contribution in [3.8, 4) is 0 Å². The van der Waals surface area contributed by atoms with Crippen molar-refractivity contribution in [2.24, 2.45) is 0 Å². The molecule has 0 radical (unpaired) electrons. The van der Waals surface area contributed by atoms with Crippen molar-refractivity contribution in [1.82, 2.24) is 25.1 Å². The molecule has 0 spiro atoms. The molecular weight excluding hydrogens is 322 g/mol. The van der Waals surface area contributed by atoms with Crippen molar-refractivity contribution in [1.29, 1.82) is 0 Å². The Labute approximate surface area is 143 Å². The maximum Gasteiger partial charge on any atom is 0.262 e. The summed E-state index contributed by atoms with van der Waals surface area (Å²) < 4.78 is 2.10. The van der Waals surface area contributed by atoms with Gasteiger partial charge >= 0.3 is 0 Å². The van der Waals surface area contributed by atoms with Crippen molar-refractivity contribution in [3.63, 3.8) is 0 Å². The molecule has 0 unspecified atom stereocenters. The smallest absolute Gasteiger partial charge is 0.262 e. The molecule has 0 aromatic carbocycles. The van der Waals surface area contributed by atoms with E-state index >= 15 is 0 Å². The van der Waals surface area contributed by atoms with Crippen molar-refractivity contribution in [2.75, 3.05) is 0 Å². The minimum absolute atomic E-state index is 0.0668. The lowest BCUT2D eigenvalue weighted by atomic mass is 10.1. The number of carbonyl (C=O) groups is 1. The summed E-state index contributed by atoms with van der Waals surface area (Å²) in [6, 6.07) is 2.06. The van der Waals surface area contributed by atoms with Crippen LogP contribution in [0, 0.1) is 20.8 Å². The molecule has 6 nitrogen and oxygen atoms in total. The Morgan fingerprint density at radius 2 is 2.17 bits per heavy atom. The van der Waals surface area contributed by atoms with Gasteiger partial charge in [-0.3, -0.25) is 4.79 Å². The van der Waals surface area contributed by atoms with Crippen LogP contribution >= 0.6 is 11.3 Å². The van der Waals surface area contributed by atoms with Crippen LogP contribution in [0.15, 0.2) is 6.07 Å². The SMILES string of the molecule is Cc1cc(C)c2c(C)c(C(=O)NCc3nnc4n3CCC4)sc2n1. The fourth-order valence-electron chi connectivity index (χ4n) is 3.42. The molecule has 1 aliphatic heterocycles. The number of rotatable bonds is 3. The van der Waals surface area contributed by atoms with Crippen molar-refractivity contribution in [3.05, 3.63) is 39.4 Å². The first-order valence-corrected chi connectivity index (χ1v) is 8.92. The fourth-order valence-corrected chi connectivity index (χ4v) is 4.64. The molecule has 4 heterocycles. The third-order valence-electron chi connectivity index (χ3n) is 4.53. The maximum atomic E-state index is 12.6. The molecule has 3 aromatic heterocycles. The third-order valence-corrected chi connectivity index (χ3v) is 5.71. The molecule has 0 atom stereocenters. The van der Waals surface area contributed by atoms with Gasteiger partial charge in [-0.15, -0.1) is 21.5 Å². The zero-order valence-electron chi connectivity index (χ0n) is 14.0. The van der Waals surface area contributed by atoms with E-state index in [9.17, 15) is 4.79 Å². The highest BCUT2D eigenvalue weighted by Crippen LogP contribution is 2.32. The number of pyridine rings is 1. The molecule has 0 aliphatic carbocycles. The van der Waals surface area contributed by atoms with E-state index in [1.54, 1.807) is 0 Å². The predicted molar refractivity (Wildman–Crippen MR) is 93.3 cm³/mol. The van der Waals surface area contributed by atoms with Gasteiger partial charge in [-0.1, -0.05) is 0 Å². The number of carbonyl (C=O) groups excluding carboxylic acids is 1. The number of nitrogens with zero attached hydrogens (tertiary/aromatic N) is 4. The summed E-state index contributed by atoms with van der Waals surface area (Å²) in [5.41, 5.74) is 3.15. The fraction of sp³-hybridized carbons (Fsp3) is 0.412. The molecule has 24 heavy (non-hydrogen) atoms. The van der Waals surface area contributed by atoms with Gasteiger partial charge < -0.3 is 9.88 Å². The zero-order chi connectivity index (χ0) is 16.8. The molecule has 0 fully saturated rings. The van der Waals surface area contributed by atoms with E-state index in [-0.39, 0.29) is 5.91 Å². The Morgan fingerprint density at radius 3 is 3.00 bits per heavy atom. The van der Waals surface area contributed by atoms with E-state index in [1.165, 1.54) is 16.9 Å². The lowest BCUT2D eigenvalue weighted by molar-refractivity contribution is 0.0953. The van der Waals surface area contributed by atoms with Gasteiger partial charge in [0.15, 0.2) is 5.82 Å². The molecule has 3 aromatic rings. The van der Waals surface area contributed by atoms with Crippen molar-refractivity contribution >= 4 is 27.5 Å². The Hall–Kier alpha value is -2.28. The van der Waals surface area contributed by atoms with Gasteiger partial charge in [-0.25, -0.2) is 4.98 Å². The van der Waals surface area contributed by atoms with E-state index in [1.807, 2.05) is 13.8 Å². The van der Waals surface area contributed by atoms with Gasteiger partial charge in [0.05, 0.1) is 11.4 Å². The van der Waals surface area contributed by atoms with Crippen LogP contribution in [0.2, 0.25) is 0 Å². The Kier molecular flexibility index (Phi) is 3.60. The highest BCUT2D eigenvalue weighted by Gasteiger charge is 2.20. The molecule has 7 heteroatoms. The number of nitrogens with one attached hydrogen (secondary N) is 1. The second-order valence-electron chi connectivity index (χ2n) is 6.29. The molecule has 1 amide bonds. The standard InChI is InChI=1S/C17H19N5OS/c1-9-7-10(2)19-17-14(9)11(3)15(24-17)16(23)18-8-13-21-20-12-5-4-6-22(12)13/h7H,4-6,8H2,1-3H3,(H,18,23). The summed E-state index contributed by atoms with van der Waals surface area (Å²) >= 11 is 1.46. The van der Waals surface area contributed by atoms with Crippen molar-refractivity contribution < 1.29 is 4.79 Å². The number of hydrogen-bond donors (Lipinski definition) is 1. The average molecular weight is 341 g/mol. The summed E-state index contributed by atoms with van der Waals surface area (Å²) in [4.78, 5) is 18.9. The maximum absolute atomic E-state index is 12.6. The number of amides is 1. The first kappa shape index (κ1) is 15.3. The minimum Gasteiger partial charge on any atom is -0.344 e. The second-order valence-corrected chi connectivity index (χ2v) is 7.29. The first-order valence-electron chi connectivity index (χ1n) is 8.11. The Bertz CT molecular complexity index is 956. The number of aromatic nitrogens is 4. The topological polar surface area (TPSA) is 72.7 Å². The molecular formula is C17H19N5OS. The summed E-state index contributed by atoms with van der Waals surface area (Å²) in [6.45, 7) is 7.39. The van der Waals surface area contributed by atoms with Crippen molar-refractivity contribution in [2.45, 2.75) is 46.7 Å². The predicted octanol–water partition coefficient (Wildman–Crippen LogP) is 2.69. The summed E-state index contributed by atoms with van der Waals surface area (Å²) in [5.74, 6) is 1.79. The van der Waals surface area contributed by atoms with Crippen LogP contribution in [0.5, 0.6) is 0 Å². The molecule has 4 rings (SSSR count). The molecule has 0 saturated carbocycles. The van der Waals surface area contributed by atoms with Crippen LogP contribution in [-0.4, -0.2) is 25.7 Å². The van der Waals surface area contributed by atoms with Crippen LogP contribution < -0.4 is 5.32 Å². The average Bonchev–Trinajstić information content (AvgIpc) is 3.19. The van der Waals surface area contributed by atoms with Gasteiger partial charge in [-0.2, -0.15) is 0 Å². The molecule has 1 N–H and O–H groups in total. The summed E-state index contributed by atoms with van der Waals surface area (Å²) in [7, 11) is 0. The first-order chi connectivity index (χ1) is 11.5. The van der Waals surface area contributed by atoms with Gasteiger partial charge in [0.25, 0.3) is 5.91 Å². The van der Waals surface area contributed by atoms with E-state index < -0.39 is 0 Å². The van der Waals surface area contributed by atoms with Crippen LogP contribution in [0.4, 0.5) is 0 Å². The Balaban J connectivity index is 1.59. The highest BCUT2D eigenvalue weighted by molar-refractivity contribution is 7.20. The summed E-state index contributed by atoms with van der Waals surface area (Å²) in [6.07, 6.45) is 2.08. The number of aryl methyl sites for hydroxylation is 4. The van der Waals surface area contributed by atoms with E-state index in [4.69, 9.17) is 0 Å². The Morgan fingerprint density at radius 1 is 1.33 bits per heavy atom. The second kappa shape index (κ2) is 5.66. The summed E-state index contributed by atoms with van der Waals surface area (Å²) in [5, 5.41) is 12.4. The zero-order valence-corrected chi connectivity index (χ0v) is 14.8. The van der Waals surface area contributed by atoms with E-state index in [0.717, 1.165) is 57.4 Å². The van der Waals surface area contributed by atoms with E-state index in [0.29, 0.717) is 6.54 Å². The molecule has 0 saturated heterocycles. The van der Waals surface area contributed by atoms with Gasteiger partial charge in [0.2, 0.25) is 0 Å². The number of hydrogen-bond acceptors (Lipinski definition) is 5. The normalized spacial score (nSPS) is 13.5. The minimum atomic E-state index is -0.0668. The quantitative estimate of drug-likeness (QED) is 0.795. The monoisotopic (exact) mass is 341 g/mol. The molecule has 1 aliphatic rings. The molecule has 0 bridgehead atoms. The van der Waals surface area contributed by atoms with Crippen LogP contribution in [0.3, 0.4) is 0 Å². The van der Waals surface area contributed by atoms with Gasteiger partial charge in [0, 0.05) is 24.0 Å². The number of thiophene rings is 1. The van der Waals surface area contributed by atoms with Gasteiger partial charge in [0.1, 0.15) is 10.7 Å². The lowest BCUT2D eigenvalue weighted by Crippen LogP contribution is -2.24. The largest absolute Gasteiger partial charge is 0.344 e.